The summed E-state index contributed by atoms with van der Waals surface area (Å²) in [6, 6.07) is 9.01. The van der Waals surface area contributed by atoms with Crippen LogP contribution in [0.1, 0.15) is 52.9 Å². The third kappa shape index (κ3) is 8.71. The predicted molar refractivity (Wildman–Crippen MR) is 160 cm³/mol. The molecule has 2 unspecified atom stereocenters. The van der Waals surface area contributed by atoms with Crippen LogP contribution in [0.5, 0.6) is 0 Å². The number of piperazine rings is 1. The number of hydrogen-bond acceptors (Lipinski definition) is 7. The number of nitrogens with one attached hydrogen (secondary N) is 1. The van der Waals surface area contributed by atoms with Crippen LogP contribution in [0.2, 0.25) is 0 Å². The Bertz CT molecular complexity index is 960. The van der Waals surface area contributed by atoms with Gasteiger partial charge in [-0.3, -0.25) is 14.5 Å². The minimum absolute atomic E-state index is 0.0262. The number of benzene rings is 1. The van der Waals surface area contributed by atoms with Crippen molar-refractivity contribution in [1.82, 2.24) is 15.1 Å². The molecule has 216 valence electrons. The first-order valence-electron chi connectivity index (χ1n) is 14.3. The molecule has 3 amide bonds. The summed E-state index contributed by atoms with van der Waals surface area (Å²) in [6.07, 6.45) is 5.92. The molecule has 0 radical (unpaired) electrons. The van der Waals surface area contributed by atoms with Crippen LogP contribution in [0.4, 0.5) is 10.5 Å². The number of rotatable bonds is 8. The van der Waals surface area contributed by atoms with Crippen molar-refractivity contribution in [2.75, 3.05) is 54.2 Å². The Morgan fingerprint density at radius 3 is 2.41 bits per heavy atom. The lowest BCUT2D eigenvalue weighted by Crippen LogP contribution is -2.58. The van der Waals surface area contributed by atoms with Gasteiger partial charge in [0.2, 0.25) is 11.8 Å². The van der Waals surface area contributed by atoms with Crippen LogP contribution in [-0.4, -0.2) is 94.7 Å². The number of nitrogens with zero attached hydrogens (tertiary/aromatic N) is 3. The molecule has 3 aliphatic rings. The summed E-state index contributed by atoms with van der Waals surface area (Å²) in [5.74, 6) is 2.86. The van der Waals surface area contributed by atoms with Crippen LogP contribution in [0.3, 0.4) is 0 Å². The van der Waals surface area contributed by atoms with E-state index in [-0.39, 0.29) is 11.8 Å². The van der Waals surface area contributed by atoms with Crippen LogP contribution >= 0.6 is 23.5 Å². The Morgan fingerprint density at radius 1 is 1.05 bits per heavy atom. The van der Waals surface area contributed by atoms with Gasteiger partial charge >= 0.3 is 6.09 Å². The minimum atomic E-state index is -0.640. The zero-order valence-corrected chi connectivity index (χ0v) is 25.2. The second-order valence-corrected chi connectivity index (χ2v) is 13.8. The molecule has 0 aromatic heterocycles. The maximum atomic E-state index is 13.7. The number of anilines is 1. The van der Waals surface area contributed by atoms with Crippen LogP contribution in [0, 0.1) is 5.92 Å². The second kappa shape index (κ2) is 14.0. The van der Waals surface area contributed by atoms with Gasteiger partial charge in [-0.15, -0.1) is 11.8 Å². The zero-order chi connectivity index (χ0) is 27.8. The van der Waals surface area contributed by atoms with Crippen molar-refractivity contribution < 1.29 is 19.1 Å². The summed E-state index contributed by atoms with van der Waals surface area (Å²) in [7, 11) is 0. The van der Waals surface area contributed by atoms with Gasteiger partial charge in [-0.25, -0.2) is 4.79 Å². The maximum absolute atomic E-state index is 13.7. The van der Waals surface area contributed by atoms with Crippen molar-refractivity contribution in [3.8, 4) is 0 Å². The van der Waals surface area contributed by atoms with Crippen LogP contribution < -0.4 is 10.2 Å². The van der Waals surface area contributed by atoms with Crippen molar-refractivity contribution in [3.05, 3.63) is 30.3 Å². The van der Waals surface area contributed by atoms with E-state index in [4.69, 9.17) is 4.74 Å². The normalized spacial score (nSPS) is 21.5. The van der Waals surface area contributed by atoms with Crippen LogP contribution in [0.25, 0.3) is 0 Å². The van der Waals surface area contributed by atoms with E-state index in [2.05, 4.69) is 22.3 Å². The van der Waals surface area contributed by atoms with E-state index in [0.29, 0.717) is 36.4 Å². The zero-order valence-electron chi connectivity index (χ0n) is 23.6. The van der Waals surface area contributed by atoms with Crippen LogP contribution in [-0.2, 0) is 14.3 Å². The molecule has 1 aliphatic carbocycles. The van der Waals surface area contributed by atoms with Gasteiger partial charge < -0.3 is 19.9 Å². The molecule has 1 aromatic carbocycles. The van der Waals surface area contributed by atoms with Gasteiger partial charge in [-0.05, 0) is 57.4 Å². The van der Waals surface area contributed by atoms with E-state index >= 15 is 0 Å². The number of para-hydroxylation sites is 1. The maximum Gasteiger partial charge on any atom is 0.411 e. The number of thioether (sulfide) groups is 2. The van der Waals surface area contributed by atoms with Gasteiger partial charge in [0.05, 0.1) is 5.88 Å². The van der Waals surface area contributed by atoms with Gasteiger partial charge in [-0.1, -0.05) is 37.5 Å². The van der Waals surface area contributed by atoms with E-state index in [1.165, 1.54) is 54.5 Å². The second-order valence-electron chi connectivity index (χ2n) is 11.7. The number of carbonyl (C=O) groups excluding carboxylic acids is 3. The van der Waals surface area contributed by atoms with E-state index in [1.807, 2.05) is 43.9 Å². The minimum Gasteiger partial charge on any atom is -0.444 e. The molecule has 1 saturated carbocycles. The molecule has 2 heterocycles. The lowest BCUT2D eigenvalue weighted by atomic mass is 9.91. The fraction of sp³-hybridized carbons (Fsp3) is 0.690. The van der Waals surface area contributed by atoms with E-state index in [0.717, 1.165) is 18.8 Å². The summed E-state index contributed by atoms with van der Waals surface area (Å²) < 4.78 is 5.54. The lowest BCUT2D eigenvalue weighted by molar-refractivity contribution is -0.137. The van der Waals surface area contributed by atoms with E-state index < -0.39 is 23.8 Å². The summed E-state index contributed by atoms with van der Waals surface area (Å²) in [5, 5.41) is 3.06. The van der Waals surface area contributed by atoms with Gasteiger partial charge in [0.1, 0.15) is 17.7 Å². The number of amides is 3. The topological polar surface area (TPSA) is 82.2 Å². The molecule has 8 nitrogen and oxygen atoms in total. The number of ether oxygens (including phenoxy) is 1. The monoisotopic (exact) mass is 576 g/mol. The standard InChI is InChI=1S/C29H44N4O4S2/c1-29(2,3)37-28(36)33-21-39-20-25(33)26(34)30-24(19-38-18-22-10-6-4-7-11-22)27(35)32-16-14-31(15-17-32)23-12-8-5-9-13-23/h5,8-9,12-13,22,24-25H,4,6-7,10-11,14-21H2,1-3H3,(H,30,34). The van der Waals surface area contributed by atoms with E-state index in [1.54, 1.807) is 11.8 Å². The SMILES string of the molecule is CC(C)(C)OC(=O)N1CSCC1C(=O)NC(CSCC1CCCCC1)C(=O)N1CCN(c2ccccc2)CC1. The van der Waals surface area contributed by atoms with Crippen molar-refractivity contribution in [2.24, 2.45) is 5.92 Å². The average molecular weight is 577 g/mol. The third-order valence-corrected chi connectivity index (χ3v) is 9.79. The fourth-order valence-corrected chi connectivity index (χ4v) is 7.76. The lowest BCUT2D eigenvalue weighted by Gasteiger charge is -2.38. The molecule has 0 spiro atoms. The summed E-state index contributed by atoms with van der Waals surface area (Å²) in [5.41, 5.74) is 0.528. The summed E-state index contributed by atoms with van der Waals surface area (Å²) >= 11 is 3.30. The highest BCUT2D eigenvalue weighted by atomic mass is 32.2. The number of hydrogen-bond donors (Lipinski definition) is 1. The first kappa shape index (κ1) is 29.9. The van der Waals surface area contributed by atoms with Crippen molar-refractivity contribution >= 4 is 47.1 Å². The highest BCUT2D eigenvalue weighted by Crippen LogP contribution is 2.28. The Labute approximate surface area is 241 Å². The van der Waals surface area contributed by atoms with Crippen molar-refractivity contribution in [2.45, 2.75) is 70.6 Å². The first-order valence-corrected chi connectivity index (χ1v) is 16.6. The van der Waals surface area contributed by atoms with Crippen LogP contribution in [0.15, 0.2) is 30.3 Å². The molecule has 3 fully saturated rings. The smallest absolute Gasteiger partial charge is 0.411 e. The van der Waals surface area contributed by atoms with Gasteiger partial charge in [0, 0.05) is 43.4 Å². The molecule has 10 heteroatoms. The predicted octanol–water partition coefficient (Wildman–Crippen LogP) is 4.44. The average Bonchev–Trinajstić information content (AvgIpc) is 3.43. The number of carbonyl (C=O) groups is 3. The molecule has 39 heavy (non-hydrogen) atoms. The molecule has 1 aromatic rings. The molecule has 0 bridgehead atoms. The highest BCUT2D eigenvalue weighted by molar-refractivity contribution is 7.99. The molecule has 1 N–H and O–H groups in total. The largest absolute Gasteiger partial charge is 0.444 e. The molecule has 2 saturated heterocycles. The molecule has 2 aliphatic heterocycles. The van der Waals surface area contributed by atoms with Crippen molar-refractivity contribution in [3.63, 3.8) is 0 Å². The highest BCUT2D eigenvalue weighted by Gasteiger charge is 2.39. The molecule has 2 atom stereocenters. The quantitative estimate of drug-likeness (QED) is 0.490. The molecular formula is C29H44N4O4S2. The van der Waals surface area contributed by atoms with Crippen molar-refractivity contribution in [1.29, 1.82) is 0 Å². The summed E-state index contributed by atoms with van der Waals surface area (Å²) in [4.78, 5) is 45.6. The Balaban J connectivity index is 1.38. The van der Waals surface area contributed by atoms with Gasteiger partial charge in [-0.2, -0.15) is 11.8 Å². The Morgan fingerprint density at radius 2 is 1.74 bits per heavy atom. The van der Waals surface area contributed by atoms with Gasteiger partial charge in [0.25, 0.3) is 0 Å². The van der Waals surface area contributed by atoms with Gasteiger partial charge in [0.15, 0.2) is 0 Å². The molecule has 4 rings (SSSR count). The first-order chi connectivity index (χ1) is 18.7. The van der Waals surface area contributed by atoms with E-state index in [9.17, 15) is 14.4 Å². The third-order valence-electron chi connectivity index (χ3n) is 7.50. The molecular weight excluding hydrogens is 532 g/mol. The Hall–Kier alpha value is -2.07. The summed E-state index contributed by atoms with van der Waals surface area (Å²) in [6.45, 7) is 8.22. The fourth-order valence-electron chi connectivity index (χ4n) is 5.35. The Kier molecular flexibility index (Phi) is 10.7.